The maximum atomic E-state index is 12.8. The molecule has 6 heteroatoms. The first-order valence-electron chi connectivity index (χ1n) is 8.17. The smallest absolute Gasteiger partial charge is 0.338 e. The molecule has 1 aliphatic heterocycles. The van der Waals surface area contributed by atoms with E-state index in [1.807, 2.05) is 49.4 Å². The van der Waals surface area contributed by atoms with Crippen molar-refractivity contribution in [2.24, 2.45) is 5.73 Å². The van der Waals surface area contributed by atoms with E-state index in [2.05, 4.69) is 6.07 Å². The predicted octanol–water partition coefficient (Wildman–Crippen LogP) is 3.84. The number of nitrogens with zero attached hydrogens (tertiary/aromatic N) is 1. The monoisotopic (exact) mass is 366 g/mol. The van der Waals surface area contributed by atoms with Crippen molar-refractivity contribution in [2.75, 3.05) is 6.61 Å². The Labute approximate surface area is 156 Å². The van der Waals surface area contributed by atoms with Crippen LogP contribution in [-0.2, 0) is 14.3 Å². The third-order valence-electron chi connectivity index (χ3n) is 4.00. The van der Waals surface area contributed by atoms with E-state index in [0.717, 1.165) is 9.75 Å². The molecular formula is C20H18N2O3S. The first-order valence-corrected chi connectivity index (χ1v) is 8.99. The van der Waals surface area contributed by atoms with E-state index in [1.165, 1.54) is 11.3 Å². The van der Waals surface area contributed by atoms with Crippen LogP contribution in [0.3, 0.4) is 0 Å². The summed E-state index contributed by atoms with van der Waals surface area (Å²) >= 11 is 1.51. The summed E-state index contributed by atoms with van der Waals surface area (Å²) in [6.45, 7) is 3.93. The third kappa shape index (κ3) is 3.22. The van der Waals surface area contributed by atoms with Gasteiger partial charge in [0.15, 0.2) is 0 Å². The lowest BCUT2D eigenvalue weighted by atomic mass is 9.86. The number of aryl methyl sites for hydroxylation is 1. The fourth-order valence-electron chi connectivity index (χ4n) is 2.87. The number of benzene rings is 1. The van der Waals surface area contributed by atoms with Crippen LogP contribution in [0.2, 0.25) is 0 Å². The highest BCUT2D eigenvalue weighted by atomic mass is 32.1. The molecule has 0 fully saturated rings. The number of thiophene rings is 1. The molecule has 2 aromatic rings. The maximum Gasteiger partial charge on any atom is 0.338 e. The van der Waals surface area contributed by atoms with E-state index >= 15 is 0 Å². The number of nitriles is 1. The summed E-state index contributed by atoms with van der Waals surface area (Å²) in [6, 6.07) is 15.2. The molecule has 0 amide bonds. The van der Waals surface area contributed by atoms with E-state index < -0.39 is 11.9 Å². The van der Waals surface area contributed by atoms with E-state index in [4.69, 9.17) is 15.2 Å². The standard InChI is InChI=1S/C20H18N2O3S/c1-3-24-20(23)17-16(15-10-9-12(2)26-15)14(11-21)19(22)25-18(17)13-7-5-4-6-8-13/h4-10,16H,3,22H2,1-2H3. The zero-order valence-electron chi connectivity index (χ0n) is 14.5. The molecule has 1 aromatic carbocycles. The molecule has 1 unspecified atom stereocenters. The summed E-state index contributed by atoms with van der Waals surface area (Å²) in [5.74, 6) is -0.781. The van der Waals surface area contributed by atoms with Crippen LogP contribution in [0.5, 0.6) is 0 Å². The molecule has 0 spiro atoms. The van der Waals surface area contributed by atoms with Crippen LogP contribution in [0.15, 0.2) is 59.5 Å². The number of allylic oxidation sites excluding steroid dienone is 1. The van der Waals surface area contributed by atoms with Crippen LogP contribution in [0, 0.1) is 18.3 Å². The van der Waals surface area contributed by atoms with Crippen molar-refractivity contribution in [3.8, 4) is 6.07 Å². The third-order valence-corrected chi connectivity index (χ3v) is 5.06. The molecule has 132 valence electrons. The fourth-order valence-corrected chi connectivity index (χ4v) is 3.87. The predicted molar refractivity (Wildman–Crippen MR) is 99.7 cm³/mol. The Balaban J connectivity index is 2.26. The van der Waals surface area contributed by atoms with E-state index in [-0.39, 0.29) is 18.1 Å². The van der Waals surface area contributed by atoms with Crippen molar-refractivity contribution >= 4 is 23.1 Å². The normalized spacial score (nSPS) is 16.9. The van der Waals surface area contributed by atoms with Gasteiger partial charge in [-0.25, -0.2) is 4.79 Å². The van der Waals surface area contributed by atoms with Gasteiger partial charge in [0.25, 0.3) is 0 Å². The van der Waals surface area contributed by atoms with Gasteiger partial charge in [0.05, 0.1) is 18.1 Å². The summed E-state index contributed by atoms with van der Waals surface area (Å²) in [5.41, 5.74) is 7.26. The zero-order chi connectivity index (χ0) is 18.7. The topological polar surface area (TPSA) is 85.3 Å². The summed E-state index contributed by atoms with van der Waals surface area (Å²) in [5, 5.41) is 9.65. The summed E-state index contributed by atoms with van der Waals surface area (Å²) < 4.78 is 11.0. The van der Waals surface area contributed by atoms with Gasteiger partial charge in [-0.3, -0.25) is 0 Å². The van der Waals surface area contributed by atoms with Gasteiger partial charge < -0.3 is 15.2 Å². The van der Waals surface area contributed by atoms with E-state index in [9.17, 15) is 10.1 Å². The van der Waals surface area contributed by atoms with Crippen LogP contribution < -0.4 is 5.73 Å². The molecule has 0 bridgehead atoms. The molecular weight excluding hydrogens is 348 g/mol. The summed E-state index contributed by atoms with van der Waals surface area (Å²) in [4.78, 5) is 14.7. The number of ether oxygens (including phenoxy) is 2. The van der Waals surface area contributed by atoms with E-state index in [0.29, 0.717) is 16.9 Å². The summed E-state index contributed by atoms with van der Waals surface area (Å²) in [6.07, 6.45) is 0. The van der Waals surface area contributed by atoms with Crippen LogP contribution >= 0.6 is 11.3 Å². The molecule has 0 aliphatic carbocycles. The minimum absolute atomic E-state index is 0.00968. The molecule has 3 rings (SSSR count). The minimum Gasteiger partial charge on any atom is -0.463 e. The van der Waals surface area contributed by atoms with Gasteiger partial charge in [-0.15, -0.1) is 11.3 Å². The number of nitrogens with two attached hydrogens (primary N) is 1. The average molecular weight is 366 g/mol. The van der Waals surface area contributed by atoms with Crippen LogP contribution in [0.1, 0.15) is 28.2 Å². The lowest BCUT2D eigenvalue weighted by Gasteiger charge is -2.27. The van der Waals surface area contributed by atoms with E-state index in [1.54, 1.807) is 6.92 Å². The molecule has 2 heterocycles. The Bertz CT molecular complexity index is 935. The maximum absolute atomic E-state index is 12.8. The number of carbonyl (C=O) groups excluding carboxylic acids is 1. The number of rotatable bonds is 4. The quantitative estimate of drug-likeness (QED) is 0.831. The van der Waals surface area contributed by atoms with Crippen LogP contribution in [0.4, 0.5) is 0 Å². The molecule has 1 aromatic heterocycles. The van der Waals surface area contributed by atoms with Crippen molar-refractivity contribution in [1.29, 1.82) is 5.26 Å². The van der Waals surface area contributed by atoms with Gasteiger partial charge in [0, 0.05) is 15.3 Å². The van der Waals surface area contributed by atoms with Gasteiger partial charge in [0.1, 0.15) is 17.4 Å². The van der Waals surface area contributed by atoms with Crippen molar-refractivity contribution in [1.82, 2.24) is 0 Å². The molecule has 0 saturated carbocycles. The molecule has 1 aliphatic rings. The molecule has 5 nitrogen and oxygen atoms in total. The minimum atomic E-state index is -0.610. The lowest BCUT2D eigenvalue weighted by molar-refractivity contribution is -0.138. The highest BCUT2D eigenvalue weighted by Gasteiger charge is 2.38. The highest BCUT2D eigenvalue weighted by molar-refractivity contribution is 7.12. The van der Waals surface area contributed by atoms with Crippen molar-refractivity contribution in [2.45, 2.75) is 19.8 Å². The Morgan fingerprint density at radius 1 is 1.31 bits per heavy atom. The van der Waals surface area contributed by atoms with Gasteiger partial charge in [-0.2, -0.15) is 5.26 Å². The van der Waals surface area contributed by atoms with Gasteiger partial charge in [0.2, 0.25) is 5.88 Å². The number of esters is 1. The summed E-state index contributed by atoms with van der Waals surface area (Å²) in [7, 11) is 0. The Kier molecular flexibility index (Phi) is 5.10. The molecule has 0 saturated heterocycles. The van der Waals surface area contributed by atoms with Crippen LogP contribution in [-0.4, -0.2) is 12.6 Å². The number of hydrogen-bond donors (Lipinski definition) is 1. The molecule has 26 heavy (non-hydrogen) atoms. The van der Waals surface area contributed by atoms with Crippen LogP contribution in [0.25, 0.3) is 5.76 Å². The second-order valence-electron chi connectivity index (χ2n) is 5.70. The second kappa shape index (κ2) is 7.46. The van der Waals surface area contributed by atoms with Crippen molar-refractivity contribution < 1.29 is 14.3 Å². The Morgan fingerprint density at radius 2 is 2.04 bits per heavy atom. The average Bonchev–Trinajstić information content (AvgIpc) is 3.07. The zero-order valence-corrected chi connectivity index (χ0v) is 15.3. The van der Waals surface area contributed by atoms with Crippen molar-refractivity contribution in [3.63, 3.8) is 0 Å². The van der Waals surface area contributed by atoms with Gasteiger partial charge in [-0.05, 0) is 26.0 Å². The Hall–Kier alpha value is -3.04. The largest absolute Gasteiger partial charge is 0.463 e. The number of carbonyl (C=O) groups is 1. The molecule has 2 N–H and O–H groups in total. The Morgan fingerprint density at radius 3 is 2.62 bits per heavy atom. The molecule has 0 radical (unpaired) electrons. The van der Waals surface area contributed by atoms with Gasteiger partial charge >= 0.3 is 5.97 Å². The first kappa shape index (κ1) is 17.8. The highest BCUT2D eigenvalue weighted by Crippen LogP contribution is 2.44. The van der Waals surface area contributed by atoms with Crippen molar-refractivity contribution in [3.05, 3.63) is 74.8 Å². The lowest BCUT2D eigenvalue weighted by Crippen LogP contribution is -2.25. The fraction of sp³-hybridized carbons (Fsp3) is 0.200. The molecule has 1 atom stereocenters. The SMILES string of the molecule is CCOC(=O)C1=C(c2ccccc2)OC(N)=C(C#N)C1c1ccc(C)s1. The first-order chi connectivity index (χ1) is 12.6. The van der Waals surface area contributed by atoms with Gasteiger partial charge in [-0.1, -0.05) is 30.3 Å². The second-order valence-corrected chi connectivity index (χ2v) is 7.02. The number of hydrogen-bond acceptors (Lipinski definition) is 6.